The maximum absolute atomic E-state index is 4.52. The maximum Gasteiger partial charge on any atom is 0.127 e. The lowest BCUT2D eigenvalue weighted by Crippen LogP contribution is -2.32. The zero-order valence-electron chi connectivity index (χ0n) is 8.58. The van der Waals surface area contributed by atoms with Crippen LogP contribution in [0.1, 0.15) is 39.5 Å². The van der Waals surface area contributed by atoms with Crippen LogP contribution in [0.3, 0.4) is 0 Å². The quantitative estimate of drug-likeness (QED) is 0.634. The molecule has 2 heteroatoms. The first-order chi connectivity index (χ1) is 6.33. The first-order valence-electron chi connectivity index (χ1n) is 5.34. The Hall–Kier alpha value is -0.790. The van der Waals surface area contributed by atoms with Gasteiger partial charge in [-0.2, -0.15) is 0 Å². The average Bonchev–Trinajstić information content (AvgIpc) is 2.51. The van der Waals surface area contributed by atoms with E-state index < -0.39 is 0 Å². The van der Waals surface area contributed by atoms with E-state index in [1.54, 1.807) is 5.57 Å². The summed E-state index contributed by atoms with van der Waals surface area (Å²) in [5.41, 5.74) is 1.57. The second-order valence-corrected chi connectivity index (χ2v) is 4.02. The zero-order valence-corrected chi connectivity index (χ0v) is 8.58. The van der Waals surface area contributed by atoms with Gasteiger partial charge in [-0.25, -0.2) is 4.99 Å². The molecule has 2 nitrogen and oxygen atoms in total. The van der Waals surface area contributed by atoms with Gasteiger partial charge in [0.2, 0.25) is 0 Å². The van der Waals surface area contributed by atoms with Gasteiger partial charge in [-0.15, -0.1) is 0 Å². The Bertz CT molecular complexity index is 253. The van der Waals surface area contributed by atoms with Crippen LogP contribution < -0.4 is 0 Å². The third-order valence-electron chi connectivity index (χ3n) is 2.99. The number of nitrogens with zero attached hydrogens (tertiary/aromatic N) is 2. The summed E-state index contributed by atoms with van der Waals surface area (Å²) in [6, 6.07) is 0.668. The first-order valence-corrected chi connectivity index (χ1v) is 5.34. The van der Waals surface area contributed by atoms with Gasteiger partial charge >= 0.3 is 0 Å². The summed E-state index contributed by atoms with van der Waals surface area (Å²) in [7, 11) is 0. The Morgan fingerprint density at radius 1 is 1.62 bits per heavy atom. The first kappa shape index (κ1) is 8.79. The second kappa shape index (κ2) is 3.52. The highest BCUT2D eigenvalue weighted by Gasteiger charge is 2.26. The fourth-order valence-corrected chi connectivity index (χ4v) is 2.23. The molecular weight excluding hydrogens is 160 g/mol. The molecule has 0 saturated heterocycles. The Labute approximate surface area is 80.3 Å². The molecule has 0 amide bonds. The molecule has 0 N–H and O–H groups in total. The van der Waals surface area contributed by atoms with Crippen LogP contribution in [0.4, 0.5) is 0 Å². The van der Waals surface area contributed by atoms with E-state index in [0.717, 1.165) is 6.42 Å². The lowest BCUT2D eigenvalue weighted by Gasteiger charge is -2.29. The smallest absolute Gasteiger partial charge is 0.127 e. The van der Waals surface area contributed by atoms with Crippen molar-refractivity contribution < 1.29 is 0 Å². The number of hydrogen-bond donors (Lipinski definition) is 0. The molecule has 0 aromatic heterocycles. The molecule has 0 aromatic rings. The van der Waals surface area contributed by atoms with Crippen LogP contribution >= 0.6 is 0 Å². The molecule has 0 saturated carbocycles. The van der Waals surface area contributed by atoms with Gasteiger partial charge < -0.3 is 4.90 Å². The molecule has 1 atom stereocenters. The standard InChI is InChI=1S/C11H18N2/c1-3-4-10-6-8-13-9(2)5-7-12-11(10)13/h7,9H,3-6,8H2,1-2H3. The van der Waals surface area contributed by atoms with E-state index >= 15 is 0 Å². The molecule has 2 aliphatic rings. The Morgan fingerprint density at radius 3 is 3.23 bits per heavy atom. The van der Waals surface area contributed by atoms with Crippen molar-refractivity contribution in [1.82, 2.24) is 4.90 Å². The molecule has 0 radical (unpaired) electrons. The summed E-state index contributed by atoms with van der Waals surface area (Å²) >= 11 is 0. The van der Waals surface area contributed by atoms with Crippen molar-refractivity contribution in [3.05, 3.63) is 11.4 Å². The summed E-state index contributed by atoms with van der Waals surface area (Å²) < 4.78 is 0. The van der Waals surface area contributed by atoms with Crippen LogP contribution in [0.15, 0.2) is 16.4 Å². The van der Waals surface area contributed by atoms with Crippen LogP contribution in [0.5, 0.6) is 0 Å². The van der Waals surface area contributed by atoms with Gasteiger partial charge in [0.25, 0.3) is 0 Å². The summed E-state index contributed by atoms with van der Waals surface area (Å²) in [6.07, 6.45) is 6.91. The molecule has 0 aliphatic carbocycles. The number of rotatable bonds is 2. The minimum absolute atomic E-state index is 0.668. The summed E-state index contributed by atoms with van der Waals surface area (Å²) in [5.74, 6) is 1.29. The second-order valence-electron chi connectivity index (χ2n) is 4.02. The van der Waals surface area contributed by atoms with Crippen LogP contribution in [-0.2, 0) is 0 Å². The van der Waals surface area contributed by atoms with Crippen LogP contribution in [-0.4, -0.2) is 23.7 Å². The summed E-state index contributed by atoms with van der Waals surface area (Å²) in [6.45, 7) is 5.73. The highest BCUT2D eigenvalue weighted by atomic mass is 15.3. The van der Waals surface area contributed by atoms with Crippen molar-refractivity contribution in [3.8, 4) is 0 Å². The van der Waals surface area contributed by atoms with Crippen molar-refractivity contribution in [1.29, 1.82) is 0 Å². The molecule has 2 rings (SSSR count). The molecular formula is C11H18N2. The molecule has 0 bridgehead atoms. The van der Waals surface area contributed by atoms with Crippen molar-refractivity contribution in [3.63, 3.8) is 0 Å². The summed E-state index contributed by atoms with van der Waals surface area (Å²) in [4.78, 5) is 6.99. The Morgan fingerprint density at radius 2 is 2.46 bits per heavy atom. The van der Waals surface area contributed by atoms with E-state index in [1.807, 2.05) is 0 Å². The van der Waals surface area contributed by atoms with E-state index in [2.05, 4.69) is 30.0 Å². The SMILES string of the molecule is CCCC1=C2N=CCC(C)N2CC1. The van der Waals surface area contributed by atoms with Crippen molar-refractivity contribution >= 4 is 6.21 Å². The van der Waals surface area contributed by atoms with Gasteiger partial charge in [0.15, 0.2) is 0 Å². The lowest BCUT2D eigenvalue weighted by molar-refractivity contribution is 0.288. The predicted molar refractivity (Wildman–Crippen MR) is 55.8 cm³/mol. The predicted octanol–water partition coefficient (Wildman–Crippen LogP) is 2.57. The van der Waals surface area contributed by atoms with Crippen molar-refractivity contribution in [2.75, 3.05) is 6.54 Å². The van der Waals surface area contributed by atoms with E-state index in [-0.39, 0.29) is 0 Å². The van der Waals surface area contributed by atoms with Crippen LogP contribution in [0.2, 0.25) is 0 Å². The number of fused-ring (bicyclic) bond motifs is 1. The molecule has 0 aromatic carbocycles. The van der Waals surface area contributed by atoms with Gasteiger partial charge in [0.05, 0.1) is 0 Å². The Balaban J connectivity index is 2.22. The van der Waals surface area contributed by atoms with E-state index in [0.29, 0.717) is 6.04 Å². The normalized spacial score (nSPS) is 26.9. The van der Waals surface area contributed by atoms with Gasteiger partial charge in [0, 0.05) is 25.2 Å². The minimum atomic E-state index is 0.668. The topological polar surface area (TPSA) is 15.6 Å². The molecule has 1 unspecified atom stereocenters. The van der Waals surface area contributed by atoms with Crippen LogP contribution in [0, 0.1) is 0 Å². The molecule has 2 aliphatic heterocycles. The number of aliphatic imine (C=N–C) groups is 1. The van der Waals surface area contributed by atoms with E-state index in [1.165, 1.54) is 31.6 Å². The Kier molecular flexibility index (Phi) is 2.38. The number of hydrogen-bond acceptors (Lipinski definition) is 2. The highest BCUT2D eigenvalue weighted by Crippen LogP contribution is 2.31. The van der Waals surface area contributed by atoms with Crippen molar-refractivity contribution in [2.45, 2.75) is 45.6 Å². The minimum Gasteiger partial charge on any atom is -0.353 e. The van der Waals surface area contributed by atoms with Gasteiger partial charge in [0.1, 0.15) is 5.82 Å². The largest absolute Gasteiger partial charge is 0.353 e. The average molecular weight is 178 g/mol. The maximum atomic E-state index is 4.52. The van der Waals surface area contributed by atoms with Gasteiger partial charge in [-0.3, -0.25) is 0 Å². The van der Waals surface area contributed by atoms with E-state index in [4.69, 9.17) is 0 Å². The molecule has 13 heavy (non-hydrogen) atoms. The summed E-state index contributed by atoms with van der Waals surface area (Å²) in [5, 5.41) is 0. The third kappa shape index (κ3) is 1.50. The van der Waals surface area contributed by atoms with Crippen LogP contribution in [0.25, 0.3) is 0 Å². The molecule has 0 fully saturated rings. The molecule has 2 heterocycles. The fourth-order valence-electron chi connectivity index (χ4n) is 2.23. The van der Waals surface area contributed by atoms with Gasteiger partial charge in [-0.05, 0) is 25.3 Å². The third-order valence-corrected chi connectivity index (χ3v) is 2.99. The highest BCUT2D eigenvalue weighted by molar-refractivity contribution is 5.61. The fraction of sp³-hybridized carbons (Fsp3) is 0.727. The van der Waals surface area contributed by atoms with Gasteiger partial charge in [-0.1, -0.05) is 13.3 Å². The monoisotopic (exact) mass is 178 g/mol. The van der Waals surface area contributed by atoms with Crippen molar-refractivity contribution in [2.24, 2.45) is 4.99 Å². The molecule has 72 valence electrons. The van der Waals surface area contributed by atoms with E-state index in [9.17, 15) is 0 Å². The molecule has 0 spiro atoms. The zero-order chi connectivity index (χ0) is 9.26. The lowest BCUT2D eigenvalue weighted by atomic mass is 10.1.